The van der Waals surface area contributed by atoms with Crippen molar-refractivity contribution in [2.24, 2.45) is 0 Å². The third-order valence-corrected chi connectivity index (χ3v) is 3.07. The number of ether oxygens (including phenoxy) is 1. The average Bonchev–Trinajstić information content (AvgIpc) is 2.36. The first-order valence-corrected chi connectivity index (χ1v) is 6.69. The molecule has 0 bridgehead atoms. The number of carbonyl (C=O) groups excluding carboxylic acids is 1. The zero-order valence-electron chi connectivity index (χ0n) is 12.8. The van der Waals surface area contributed by atoms with Crippen LogP contribution in [0.2, 0.25) is 0 Å². The number of urea groups is 1. The number of carboxylic acids is 1. The Morgan fingerprint density at radius 2 is 2.00 bits per heavy atom. The van der Waals surface area contributed by atoms with E-state index in [1.165, 1.54) is 0 Å². The average molecular weight is 294 g/mol. The first kappa shape index (κ1) is 16.8. The Labute approximate surface area is 124 Å². The molecule has 0 aliphatic heterocycles. The first-order valence-electron chi connectivity index (χ1n) is 6.69. The lowest BCUT2D eigenvalue weighted by Crippen LogP contribution is -2.45. The second-order valence-electron chi connectivity index (χ2n) is 5.54. The van der Waals surface area contributed by atoms with Crippen molar-refractivity contribution in [1.29, 1.82) is 0 Å². The van der Waals surface area contributed by atoms with Crippen molar-refractivity contribution in [2.75, 3.05) is 12.4 Å². The molecule has 0 aromatic heterocycles. The maximum Gasteiger partial charge on any atom is 0.319 e. The van der Waals surface area contributed by atoms with Crippen LogP contribution in [0.15, 0.2) is 18.2 Å². The van der Waals surface area contributed by atoms with Gasteiger partial charge in [0.15, 0.2) is 0 Å². The number of anilines is 1. The molecule has 1 aromatic rings. The fourth-order valence-corrected chi connectivity index (χ4v) is 1.91. The molecular formula is C15H22N2O4. The SMILES string of the molecule is COc1ccc(NC(=O)NC(C)(C)CCC(=O)O)cc1C. The van der Waals surface area contributed by atoms with Gasteiger partial charge >= 0.3 is 12.0 Å². The molecule has 6 heteroatoms. The number of aliphatic carboxylic acids is 1. The fourth-order valence-electron chi connectivity index (χ4n) is 1.91. The van der Waals surface area contributed by atoms with Crippen molar-refractivity contribution in [2.45, 2.75) is 39.2 Å². The van der Waals surface area contributed by atoms with Crippen molar-refractivity contribution in [3.63, 3.8) is 0 Å². The number of methoxy groups -OCH3 is 1. The van der Waals surface area contributed by atoms with Gasteiger partial charge in [-0.25, -0.2) is 4.79 Å². The van der Waals surface area contributed by atoms with Crippen LogP contribution in [-0.2, 0) is 4.79 Å². The van der Waals surface area contributed by atoms with Gasteiger partial charge in [-0.3, -0.25) is 4.79 Å². The lowest BCUT2D eigenvalue weighted by atomic mass is 9.99. The molecule has 0 fully saturated rings. The monoisotopic (exact) mass is 294 g/mol. The van der Waals surface area contributed by atoms with Gasteiger partial charge in [-0.05, 0) is 51.0 Å². The molecule has 0 unspecified atom stereocenters. The number of aryl methyl sites for hydroxylation is 1. The topological polar surface area (TPSA) is 87.7 Å². The Balaban J connectivity index is 2.60. The van der Waals surface area contributed by atoms with Gasteiger partial charge < -0.3 is 20.5 Å². The van der Waals surface area contributed by atoms with E-state index in [2.05, 4.69) is 10.6 Å². The number of rotatable bonds is 6. The quantitative estimate of drug-likeness (QED) is 0.752. The normalized spacial score (nSPS) is 10.9. The molecule has 0 saturated heterocycles. The smallest absolute Gasteiger partial charge is 0.319 e. The second-order valence-corrected chi connectivity index (χ2v) is 5.54. The second kappa shape index (κ2) is 6.97. The minimum atomic E-state index is -0.879. The summed E-state index contributed by atoms with van der Waals surface area (Å²) in [6.45, 7) is 5.46. The number of nitrogens with one attached hydrogen (secondary N) is 2. The Morgan fingerprint density at radius 3 is 2.52 bits per heavy atom. The lowest BCUT2D eigenvalue weighted by Gasteiger charge is -2.25. The summed E-state index contributed by atoms with van der Waals surface area (Å²) in [7, 11) is 1.59. The molecule has 1 aromatic carbocycles. The largest absolute Gasteiger partial charge is 0.496 e. The Hall–Kier alpha value is -2.24. The van der Waals surface area contributed by atoms with Crippen LogP contribution in [0.4, 0.5) is 10.5 Å². The van der Waals surface area contributed by atoms with Gasteiger partial charge in [-0.1, -0.05) is 0 Å². The summed E-state index contributed by atoms with van der Waals surface area (Å²) < 4.78 is 5.16. The van der Waals surface area contributed by atoms with E-state index in [0.717, 1.165) is 11.3 Å². The van der Waals surface area contributed by atoms with Gasteiger partial charge in [0, 0.05) is 17.6 Å². The molecule has 0 radical (unpaired) electrons. The Morgan fingerprint density at radius 1 is 1.33 bits per heavy atom. The summed E-state index contributed by atoms with van der Waals surface area (Å²) in [5.41, 5.74) is 0.976. The summed E-state index contributed by atoms with van der Waals surface area (Å²) >= 11 is 0. The first-order chi connectivity index (χ1) is 9.73. The molecule has 0 aliphatic rings. The molecule has 0 spiro atoms. The molecule has 0 aliphatic carbocycles. The molecule has 6 nitrogen and oxygen atoms in total. The van der Waals surface area contributed by atoms with E-state index in [9.17, 15) is 9.59 Å². The summed E-state index contributed by atoms with van der Waals surface area (Å²) in [5, 5.41) is 14.2. The van der Waals surface area contributed by atoms with Crippen LogP contribution in [0.25, 0.3) is 0 Å². The van der Waals surface area contributed by atoms with Crippen LogP contribution in [0.3, 0.4) is 0 Å². The van der Waals surface area contributed by atoms with Gasteiger partial charge in [0.1, 0.15) is 5.75 Å². The molecule has 3 N–H and O–H groups in total. The van der Waals surface area contributed by atoms with Crippen molar-refractivity contribution in [3.05, 3.63) is 23.8 Å². The zero-order valence-corrected chi connectivity index (χ0v) is 12.8. The predicted octanol–water partition coefficient (Wildman–Crippen LogP) is 2.77. The van der Waals surface area contributed by atoms with Crippen LogP contribution in [0.5, 0.6) is 5.75 Å². The van der Waals surface area contributed by atoms with E-state index in [1.807, 2.05) is 13.0 Å². The van der Waals surface area contributed by atoms with E-state index in [0.29, 0.717) is 12.1 Å². The van der Waals surface area contributed by atoms with Gasteiger partial charge in [0.25, 0.3) is 0 Å². The molecule has 1 rings (SSSR count). The Kier molecular flexibility index (Phi) is 5.58. The maximum absolute atomic E-state index is 11.9. The van der Waals surface area contributed by atoms with Crippen LogP contribution < -0.4 is 15.4 Å². The zero-order chi connectivity index (χ0) is 16.0. The molecule has 116 valence electrons. The minimum absolute atomic E-state index is 0.00885. The fraction of sp³-hybridized carbons (Fsp3) is 0.467. The van der Waals surface area contributed by atoms with Crippen LogP contribution in [-0.4, -0.2) is 29.8 Å². The lowest BCUT2D eigenvalue weighted by molar-refractivity contribution is -0.137. The molecule has 21 heavy (non-hydrogen) atoms. The highest BCUT2D eigenvalue weighted by Gasteiger charge is 2.21. The number of benzene rings is 1. The number of carbonyl (C=O) groups is 2. The summed E-state index contributed by atoms with van der Waals surface area (Å²) in [4.78, 5) is 22.5. The highest BCUT2D eigenvalue weighted by molar-refractivity contribution is 5.90. The van der Waals surface area contributed by atoms with E-state index in [1.54, 1.807) is 33.1 Å². The third-order valence-electron chi connectivity index (χ3n) is 3.07. The van der Waals surface area contributed by atoms with E-state index >= 15 is 0 Å². The maximum atomic E-state index is 11.9. The predicted molar refractivity (Wildman–Crippen MR) is 80.8 cm³/mol. The summed E-state index contributed by atoms with van der Waals surface area (Å²) in [6, 6.07) is 4.97. The highest BCUT2D eigenvalue weighted by atomic mass is 16.5. The molecule has 0 saturated carbocycles. The van der Waals surface area contributed by atoms with Crippen molar-refractivity contribution in [1.82, 2.24) is 5.32 Å². The van der Waals surface area contributed by atoms with Crippen molar-refractivity contribution >= 4 is 17.7 Å². The number of carboxylic acid groups (broad SMARTS) is 1. The minimum Gasteiger partial charge on any atom is -0.496 e. The summed E-state index contributed by atoms with van der Waals surface area (Å²) in [5.74, 6) is -0.126. The van der Waals surface area contributed by atoms with E-state index in [4.69, 9.17) is 9.84 Å². The molecule has 2 amide bonds. The van der Waals surface area contributed by atoms with Crippen molar-refractivity contribution in [3.8, 4) is 5.75 Å². The molecule has 0 atom stereocenters. The van der Waals surface area contributed by atoms with Gasteiger partial charge in [0.2, 0.25) is 0 Å². The Bertz CT molecular complexity index is 526. The van der Waals surface area contributed by atoms with Crippen LogP contribution >= 0.6 is 0 Å². The molecule has 0 heterocycles. The van der Waals surface area contributed by atoms with Gasteiger partial charge in [0.05, 0.1) is 7.11 Å². The van der Waals surface area contributed by atoms with Gasteiger partial charge in [-0.15, -0.1) is 0 Å². The standard InChI is InChI=1S/C15H22N2O4/c1-10-9-11(5-6-12(10)21-4)16-14(20)17-15(2,3)8-7-13(18)19/h5-6,9H,7-8H2,1-4H3,(H,18,19)(H2,16,17,20). The number of hydrogen-bond acceptors (Lipinski definition) is 3. The highest BCUT2D eigenvalue weighted by Crippen LogP contribution is 2.21. The summed E-state index contributed by atoms with van der Waals surface area (Å²) in [6.07, 6.45) is 0.367. The number of amides is 2. The third kappa shape index (κ3) is 5.72. The van der Waals surface area contributed by atoms with Crippen LogP contribution in [0, 0.1) is 6.92 Å². The van der Waals surface area contributed by atoms with Crippen molar-refractivity contribution < 1.29 is 19.4 Å². The van der Waals surface area contributed by atoms with Gasteiger partial charge in [-0.2, -0.15) is 0 Å². The van der Waals surface area contributed by atoms with E-state index < -0.39 is 11.5 Å². The molecular weight excluding hydrogens is 272 g/mol. The van der Waals surface area contributed by atoms with Crippen LogP contribution in [0.1, 0.15) is 32.3 Å². The van der Waals surface area contributed by atoms with E-state index in [-0.39, 0.29) is 12.5 Å². The number of hydrogen-bond donors (Lipinski definition) is 3.